The van der Waals surface area contributed by atoms with Crippen LogP contribution in [0, 0.1) is 0 Å². The van der Waals surface area contributed by atoms with E-state index in [-0.39, 0.29) is 23.3 Å². The van der Waals surface area contributed by atoms with Crippen molar-refractivity contribution in [3.8, 4) is 0 Å². The van der Waals surface area contributed by atoms with Crippen molar-refractivity contribution in [3.63, 3.8) is 0 Å². The van der Waals surface area contributed by atoms with Crippen LogP contribution >= 0.6 is 15.9 Å². The summed E-state index contributed by atoms with van der Waals surface area (Å²) < 4.78 is 183. The fourth-order valence-electron chi connectivity index (χ4n) is 6.17. The van der Waals surface area contributed by atoms with E-state index in [1.54, 1.807) is 0 Å². The highest BCUT2D eigenvalue weighted by atomic mass is 79.9. The molecule has 0 aromatic heterocycles. The van der Waals surface area contributed by atoms with E-state index in [0.717, 1.165) is 45.0 Å². The number of fused-ring (bicyclic) bond motifs is 6. The SMILES string of the molecule is CC(C)(C)c1cc(C(O)(C(F)(F)F)C(F)(F)F)c2c(c1)C(C(F)(F)F)(C(F)(F)F)OC21c2ccccc2C(Br)c2ccccc21. The zero-order chi connectivity index (χ0) is 34.0. The fourth-order valence-corrected chi connectivity index (χ4v) is 6.97. The number of benzene rings is 3. The molecular formula is C30H21BrF12O2. The number of ether oxygens (including phenoxy) is 1. The van der Waals surface area contributed by atoms with Gasteiger partial charge in [0.2, 0.25) is 0 Å². The van der Waals surface area contributed by atoms with Crippen molar-refractivity contribution in [2.24, 2.45) is 0 Å². The predicted molar refractivity (Wildman–Crippen MR) is 140 cm³/mol. The van der Waals surface area contributed by atoms with E-state index in [0.29, 0.717) is 0 Å². The first-order valence-electron chi connectivity index (χ1n) is 13.0. The van der Waals surface area contributed by atoms with Crippen LogP contribution in [0.3, 0.4) is 0 Å². The molecule has 1 aliphatic carbocycles. The minimum absolute atomic E-state index is 0.0873. The molecule has 0 radical (unpaired) electrons. The smallest absolute Gasteiger partial charge is 0.369 e. The number of halogens is 13. The van der Waals surface area contributed by atoms with Crippen molar-refractivity contribution in [1.29, 1.82) is 0 Å². The molecule has 0 saturated heterocycles. The quantitative estimate of drug-likeness (QED) is 0.200. The lowest BCUT2D eigenvalue weighted by atomic mass is 9.66. The highest BCUT2D eigenvalue weighted by Gasteiger charge is 2.82. The largest absolute Gasteiger partial charge is 0.430 e. The molecule has 3 aromatic carbocycles. The van der Waals surface area contributed by atoms with Crippen molar-refractivity contribution >= 4 is 15.9 Å². The van der Waals surface area contributed by atoms with Crippen molar-refractivity contribution in [1.82, 2.24) is 0 Å². The van der Waals surface area contributed by atoms with Gasteiger partial charge < -0.3 is 9.84 Å². The lowest BCUT2D eigenvalue weighted by Gasteiger charge is -2.44. The molecule has 2 nitrogen and oxygen atoms in total. The van der Waals surface area contributed by atoms with Gasteiger partial charge in [0, 0.05) is 16.7 Å². The van der Waals surface area contributed by atoms with E-state index in [9.17, 15) is 31.4 Å². The van der Waals surface area contributed by atoms with Gasteiger partial charge in [0.1, 0.15) is 5.60 Å². The fraction of sp³-hybridized carbons (Fsp3) is 0.400. The molecule has 5 rings (SSSR count). The Morgan fingerprint density at radius 2 is 1.09 bits per heavy atom. The summed E-state index contributed by atoms with van der Waals surface area (Å²) in [5.41, 5.74) is -24.6. The third-order valence-electron chi connectivity index (χ3n) is 8.28. The Morgan fingerprint density at radius 3 is 1.47 bits per heavy atom. The zero-order valence-electron chi connectivity index (χ0n) is 23.1. The van der Waals surface area contributed by atoms with E-state index in [1.807, 2.05) is 0 Å². The molecule has 0 saturated carbocycles. The van der Waals surface area contributed by atoms with E-state index in [4.69, 9.17) is 4.74 Å². The normalized spacial score (nSPS) is 21.8. The molecule has 1 spiro atoms. The van der Waals surface area contributed by atoms with Crippen molar-refractivity contribution < 1.29 is 62.5 Å². The van der Waals surface area contributed by atoms with Crippen LogP contribution in [0.15, 0.2) is 60.7 Å². The summed E-state index contributed by atoms with van der Waals surface area (Å²) in [6.45, 7) is 3.48. The monoisotopic (exact) mass is 720 g/mol. The van der Waals surface area contributed by atoms with Gasteiger partial charge in [-0.3, -0.25) is 0 Å². The van der Waals surface area contributed by atoms with Crippen molar-refractivity contribution in [2.75, 3.05) is 0 Å². The van der Waals surface area contributed by atoms with Crippen LogP contribution in [0.1, 0.15) is 70.1 Å². The Balaban J connectivity index is 2.18. The van der Waals surface area contributed by atoms with Crippen LogP contribution in [-0.2, 0) is 27.0 Å². The summed E-state index contributed by atoms with van der Waals surface area (Å²) in [6, 6.07) is 9.78. The van der Waals surface area contributed by atoms with Crippen LogP contribution in [0.25, 0.3) is 0 Å². The van der Waals surface area contributed by atoms with E-state index >= 15 is 26.3 Å². The summed E-state index contributed by atoms with van der Waals surface area (Å²) in [5.74, 6) is 0. The van der Waals surface area contributed by atoms with Gasteiger partial charge in [0.15, 0.2) is 0 Å². The molecule has 0 fully saturated rings. The Bertz CT molecular complexity index is 1590. The predicted octanol–water partition coefficient (Wildman–Crippen LogP) is 9.74. The summed E-state index contributed by atoms with van der Waals surface area (Å²) in [6.07, 6.45) is -26.3. The maximum absolute atomic E-state index is 15.1. The lowest BCUT2D eigenvalue weighted by Crippen LogP contribution is -2.56. The number of aliphatic hydroxyl groups is 1. The van der Waals surface area contributed by atoms with Gasteiger partial charge in [0.25, 0.3) is 11.2 Å². The maximum Gasteiger partial charge on any atom is 0.430 e. The zero-order valence-corrected chi connectivity index (χ0v) is 24.7. The molecule has 2 aliphatic rings. The van der Waals surface area contributed by atoms with Gasteiger partial charge in [-0.05, 0) is 33.2 Å². The molecule has 0 unspecified atom stereocenters. The van der Waals surface area contributed by atoms with Gasteiger partial charge in [-0.2, -0.15) is 52.7 Å². The first-order chi connectivity index (χ1) is 20.3. The van der Waals surface area contributed by atoms with E-state index in [1.165, 1.54) is 24.3 Å². The average molecular weight is 721 g/mol. The second kappa shape index (κ2) is 9.63. The number of alkyl halides is 13. The third kappa shape index (κ3) is 4.31. The molecule has 0 bridgehead atoms. The van der Waals surface area contributed by atoms with Crippen molar-refractivity contribution in [2.45, 2.75) is 72.5 Å². The summed E-state index contributed by atoms with van der Waals surface area (Å²) in [4.78, 5) is -0.976. The van der Waals surface area contributed by atoms with Crippen LogP contribution < -0.4 is 0 Å². The lowest BCUT2D eigenvalue weighted by molar-refractivity contribution is -0.397. The van der Waals surface area contributed by atoms with Gasteiger partial charge in [0.05, 0.1) is 4.83 Å². The molecule has 1 heterocycles. The Kier molecular flexibility index (Phi) is 7.18. The molecule has 1 aliphatic heterocycles. The maximum atomic E-state index is 15.1. The second-order valence-electron chi connectivity index (χ2n) is 11.9. The average Bonchev–Trinajstić information content (AvgIpc) is 3.23. The molecule has 1 N–H and O–H groups in total. The number of rotatable bonds is 1. The Labute approximate surface area is 256 Å². The third-order valence-corrected chi connectivity index (χ3v) is 9.26. The van der Waals surface area contributed by atoms with Crippen molar-refractivity contribution in [3.05, 3.63) is 105 Å². The highest BCUT2D eigenvalue weighted by molar-refractivity contribution is 9.09. The molecule has 15 heteroatoms. The number of hydrogen-bond acceptors (Lipinski definition) is 2. The Hall–Kier alpha value is -2.78. The first-order valence-corrected chi connectivity index (χ1v) is 13.9. The van der Waals surface area contributed by atoms with E-state index in [2.05, 4.69) is 15.9 Å². The van der Waals surface area contributed by atoms with Gasteiger partial charge in [-0.25, -0.2) is 0 Å². The molecule has 0 atom stereocenters. The molecule has 0 amide bonds. The summed E-state index contributed by atoms with van der Waals surface area (Å²) in [7, 11) is 0. The summed E-state index contributed by atoms with van der Waals surface area (Å²) in [5, 5.41) is 10.8. The second-order valence-corrected chi connectivity index (χ2v) is 12.8. The van der Waals surface area contributed by atoms with Crippen LogP contribution in [0.2, 0.25) is 0 Å². The number of hydrogen-bond donors (Lipinski definition) is 1. The van der Waals surface area contributed by atoms with Gasteiger partial charge >= 0.3 is 24.7 Å². The minimum atomic E-state index is -6.68. The molecule has 244 valence electrons. The van der Waals surface area contributed by atoms with Gasteiger partial charge in [-0.15, -0.1) is 0 Å². The molecule has 3 aromatic rings. The van der Waals surface area contributed by atoms with Crippen LogP contribution in [-0.4, -0.2) is 29.8 Å². The standard InChI is InChI=1S/C30H21BrF12O2/c1-23(2,3)14-12-19(25(44,27(32,33)34)28(35,36)37)21-20(13-14)26(29(38,39)40,30(41,42)43)45-24(21)17-10-6-4-8-15(17)22(31)16-9-5-7-11-18(16)24/h4-13,22,44H,1-3H3. The first kappa shape index (κ1) is 33.6. The highest BCUT2D eigenvalue weighted by Crippen LogP contribution is 2.69. The molecule has 45 heavy (non-hydrogen) atoms. The van der Waals surface area contributed by atoms with E-state index < -0.39 is 85.1 Å². The van der Waals surface area contributed by atoms with Crippen LogP contribution in [0.4, 0.5) is 52.7 Å². The summed E-state index contributed by atoms with van der Waals surface area (Å²) >= 11 is 3.31. The topological polar surface area (TPSA) is 29.5 Å². The Morgan fingerprint density at radius 1 is 0.667 bits per heavy atom. The minimum Gasteiger partial charge on any atom is -0.369 e. The van der Waals surface area contributed by atoms with Gasteiger partial charge in [-0.1, -0.05) is 97.4 Å². The van der Waals surface area contributed by atoms with Crippen LogP contribution in [0.5, 0.6) is 0 Å². The molecular weight excluding hydrogens is 700 g/mol.